The van der Waals surface area contributed by atoms with Gasteiger partial charge < -0.3 is 11.1 Å². The van der Waals surface area contributed by atoms with Gasteiger partial charge in [0, 0.05) is 19.2 Å². The van der Waals surface area contributed by atoms with E-state index < -0.39 is 5.82 Å². The Morgan fingerprint density at radius 1 is 1.52 bits per heavy atom. The summed E-state index contributed by atoms with van der Waals surface area (Å²) in [5, 5.41) is 14.4. The van der Waals surface area contributed by atoms with Gasteiger partial charge in [-0.05, 0) is 35.0 Å². The van der Waals surface area contributed by atoms with Gasteiger partial charge in [-0.15, -0.1) is 5.10 Å². The van der Waals surface area contributed by atoms with Gasteiger partial charge in [-0.1, -0.05) is 11.8 Å². The molecule has 1 aromatic carbocycles. The van der Waals surface area contributed by atoms with E-state index in [0.717, 1.165) is 5.75 Å². The molecule has 2 aromatic rings. The van der Waals surface area contributed by atoms with Crippen molar-refractivity contribution in [3.63, 3.8) is 0 Å². The minimum Gasteiger partial charge on any atom is -0.397 e. The van der Waals surface area contributed by atoms with E-state index >= 15 is 0 Å². The number of carbonyl (C=O) groups excluding carboxylic acids is 1. The van der Waals surface area contributed by atoms with Gasteiger partial charge in [0.05, 0.1) is 11.4 Å². The number of rotatable bonds is 6. The molecular weight excluding hydrogens is 295 g/mol. The average Bonchev–Trinajstić information content (AvgIpc) is 2.84. The first kappa shape index (κ1) is 15.2. The van der Waals surface area contributed by atoms with Gasteiger partial charge in [0.25, 0.3) is 0 Å². The minimum absolute atomic E-state index is 0.162. The van der Waals surface area contributed by atoms with E-state index in [-0.39, 0.29) is 11.6 Å². The molecular formula is C12H15FN6OS. The number of hydrogen-bond acceptors (Lipinski definition) is 6. The number of nitrogen functional groups attached to an aromatic ring is 1. The van der Waals surface area contributed by atoms with E-state index in [1.807, 2.05) is 0 Å². The number of nitrogens with zero attached hydrogens (tertiary/aromatic N) is 4. The summed E-state index contributed by atoms with van der Waals surface area (Å²) in [5.41, 5.74) is 6.26. The zero-order valence-electron chi connectivity index (χ0n) is 11.4. The van der Waals surface area contributed by atoms with Gasteiger partial charge in [0.2, 0.25) is 11.1 Å². The molecule has 0 aliphatic heterocycles. The predicted molar refractivity (Wildman–Crippen MR) is 78.2 cm³/mol. The first-order chi connectivity index (χ1) is 10.1. The Morgan fingerprint density at radius 2 is 2.33 bits per heavy atom. The van der Waals surface area contributed by atoms with Crippen molar-refractivity contribution in [3.05, 3.63) is 24.0 Å². The van der Waals surface area contributed by atoms with Crippen LogP contribution in [0.3, 0.4) is 0 Å². The van der Waals surface area contributed by atoms with Crippen LogP contribution >= 0.6 is 11.8 Å². The number of aromatic nitrogens is 4. The van der Waals surface area contributed by atoms with Gasteiger partial charge in [0.15, 0.2) is 0 Å². The fraction of sp³-hybridized carbons (Fsp3) is 0.333. The first-order valence-electron chi connectivity index (χ1n) is 6.26. The number of halogens is 1. The lowest BCUT2D eigenvalue weighted by Crippen LogP contribution is -2.13. The fourth-order valence-corrected chi connectivity index (χ4v) is 2.39. The van der Waals surface area contributed by atoms with Crippen molar-refractivity contribution in [3.8, 4) is 0 Å². The molecule has 2 rings (SSSR count). The summed E-state index contributed by atoms with van der Waals surface area (Å²) < 4.78 is 14.5. The van der Waals surface area contributed by atoms with Crippen LogP contribution in [0.1, 0.15) is 12.8 Å². The molecule has 0 atom stereocenters. The van der Waals surface area contributed by atoms with Crippen molar-refractivity contribution in [2.45, 2.75) is 18.0 Å². The predicted octanol–water partition coefficient (Wildman–Crippen LogP) is 1.44. The van der Waals surface area contributed by atoms with Crippen LogP contribution in [0, 0.1) is 5.82 Å². The zero-order valence-corrected chi connectivity index (χ0v) is 12.2. The van der Waals surface area contributed by atoms with Crippen LogP contribution in [0.15, 0.2) is 23.4 Å². The molecule has 7 nitrogen and oxygen atoms in total. The number of benzene rings is 1. The Kier molecular flexibility index (Phi) is 5.09. The Morgan fingerprint density at radius 3 is 3.00 bits per heavy atom. The summed E-state index contributed by atoms with van der Waals surface area (Å²) in [7, 11) is 1.76. The Bertz CT molecular complexity index is 632. The summed E-state index contributed by atoms with van der Waals surface area (Å²) >= 11 is 1.48. The summed E-state index contributed by atoms with van der Waals surface area (Å²) in [4.78, 5) is 11.8. The second-order valence-corrected chi connectivity index (χ2v) is 5.38. The number of carbonyl (C=O) groups is 1. The third-order valence-corrected chi connectivity index (χ3v) is 3.75. The van der Waals surface area contributed by atoms with E-state index in [1.165, 1.54) is 30.0 Å². The van der Waals surface area contributed by atoms with Gasteiger partial charge in [-0.2, -0.15) is 0 Å². The smallest absolute Gasteiger partial charge is 0.224 e. The molecule has 0 radical (unpaired) electrons. The first-order valence-corrected chi connectivity index (χ1v) is 7.25. The van der Waals surface area contributed by atoms with Crippen LogP contribution in [0.5, 0.6) is 0 Å². The maximum atomic E-state index is 12.9. The largest absolute Gasteiger partial charge is 0.397 e. The lowest BCUT2D eigenvalue weighted by Gasteiger charge is -2.07. The summed E-state index contributed by atoms with van der Waals surface area (Å²) in [6.45, 7) is 0. The van der Waals surface area contributed by atoms with Gasteiger partial charge in [-0.3, -0.25) is 4.79 Å². The van der Waals surface area contributed by atoms with Crippen LogP contribution < -0.4 is 11.1 Å². The van der Waals surface area contributed by atoms with Crippen molar-refractivity contribution in [2.75, 3.05) is 16.8 Å². The Balaban J connectivity index is 1.73. The molecule has 21 heavy (non-hydrogen) atoms. The summed E-state index contributed by atoms with van der Waals surface area (Å²) in [5.74, 6) is 0.129. The third-order valence-electron chi connectivity index (χ3n) is 2.65. The average molecular weight is 310 g/mol. The zero-order chi connectivity index (χ0) is 15.2. The monoisotopic (exact) mass is 310 g/mol. The summed E-state index contributed by atoms with van der Waals surface area (Å²) in [6, 6.07) is 3.87. The van der Waals surface area contributed by atoms with E-state index in [0.29, 0.717) is 23.7 Å². The van der Waals surface area contributed by atoms with Gasteiger partial charge in [-0.25, -0.2) is 9.07 Å². The van der Waals surface area contributed by atoms with Crippen molar-refractivity contribution in [2.24, 2.45) is 7.05 Å². The quantitative estimate of drug-likeness (QED) is 0.476. The third kappa shape index (κ3) is 4.42. The van der Waals surface area contributed by atoms with Gasteiger partial charge >= 0.3 is 0 Å². The van der Waals surface area contributed by atoms with E-state index in [1.54, 1.807) is 11.7 Å². The highest BCUT2D eigenvalue weighted by molar-refractivity contribution is 7.99. The van der Waals surface area contributed by atoms with Crippen LogP contribution in [0.25, 0.3) is 0 Å². The van der Waals surface area contributed by atoms with E-state index in [2.05, 4.69) is 20.8 Å². The molecule has 0 spiro atoms. The van der Waals surface area contributed by atoms with Crippen molar-refractivity contribution < 1.29 is 9.18 Å². The maximum Gasteiger partial charge on any atom is 0.224 e. The van der Waals surface area contributed by atoms with E-state index in [9.17, 15) is 9.18 Å². The second kappa shape index (κ2) is 7.02. The highest BCUT2D eigenvalue weighted by Crippen LogP contribution is 2.20. The number of nitrogens with two attached hydrogens (primary N) is 1. The van der Waals surface area contributed by atoms with Crippen LogP contribution in [-0.4, -0.2) is 31.9 Å². The molecule has 0 bridgehead atoms. The molecule has 0 unspecified atom stereocenters. The van der Waals surface area contributed by atoms with Crippen molar-refractivity contribution in [1.29, 1.82) is 0 Å². The Labute approximate surface area is 125 Å². The molecule has 1 amide bonds. The number of hydrogen-bond donors (Lipinski definition) is 2. The van der Waals surface area contributed by atoms with Crippen LogP contribution in [-0.2, 0) is 11.8 Å². The lowest BCUT2D eigenvalue weighted by atomic mass is 10.2. The van der Waals surface area contributed by atoms with Gasteiger partial charge in [0.1, 0.15) is 5.82 Å². The molecule has 1 aromatic heterocycles. The van der Waals surface area contributed by atoms with Crippen LogP contribution in [0.2, 0.25) is 0 Å². The molecule has 9 heteroatoms. The minimum atomic E-state index is -0.431. The Hall–Kier alpha value is -2.16. The topological polar surface area (TPSA) is 98.7 Å². The summed E-state index contributed by atoms with van der Waals surface area (Å²) in [6.07, 6.45) is 1.01. The number of amides is 1. The van der Waals surface area contributed by atoms with E-state index in [4.69, 9.17) is 5.73 Å². The number of thioether (sulfide) groups is 1. The highest BCUT2D eigenvalue weighted by Gasteiger charge is 2.07. The normalized spacial score (nSPS) is 10.6. The van der Waals surface area contributed by atoms with Crippen molar-refractivity contribution in [1.82, 2.24) is 20.2 Å². The standard InChI is InChI=1S/C12H15FN6OS/c1-19-12(16-17-18-19)21-6-2-3-11(20)15-10-5-4-8(13)7-9(10)14/h4-5,7H,2-3,6,14H2,1H3,(H,15,20). The number of nitrogens with one attached hydrogen (secondary N) is 1. The maximum absolute atomic E-state index is 12.9. The number of aryl methyl sites for hydroxylation is 1. The van der Waals surface area contributed by atoms with Crippen molar-refractivity contribution >= 4 is 29.0 Å². The second-order valence-electron chi connectivity index (χ2n) is 4.32. The molecule has 0 fully saturated rings. The number of anilines is 2. The molecule has 1 heterocycles. The SMILES string of the molecule is Cn1nnnc1SCCCC(=O)Nc1ccc(F)cc1N. The molecule has 0 saturated heterocycles. The molecule has 0 aliphatic rings. The molecule has 0 aliphatic carbocycles. The molecule has 0 saturated carbocycles. The fourth-order valence-electron chi connectivity index (χ4n) is 1.60. The highest BCUT2D eigenvalue weighted by atomic mass is 32.2. The molecule has 112 valence electrons. The number of tetrazole rings is 1. The lowest BCUT2D eigenvalue weighted by molar-refractivity contribution is -0.116. The van der Waals surface area contributed by atoms with Crippen LogP contribution in [0.4, 0.5) is 15.8 Å². The molecule has 3 N–H and O–H groups in total.